The Morgan fingerprint density at radius 2 is 0.931 bits per heavy atom. The van der Waals surface area contributed by atoms with Crippen LogP contribution in [-0.4, -0.2) is 40.7 Å². The average molecular weight is 1410 g/mol. The molecule has 14 heteroatoms. The Morgan fingerprint density at radius 1 is 0.490 bits per heavy atom. The molecule has 15 aromatic rings. The van der Waals surface area contributed by atoms with Gasteiger partial charge in [0.05, 0.1) is 26.2 Å². The van der Waals surface area contributed by atoms with Gasteiger partial charge in [-0.3, -0.25) is 0 Å². The summed E-state index contributed by atoms with van der Waals surface area (Å²) in [6.45, 7) is 15.0. The van der Waals surface area contributed by atoms with Crippen molar-refractivity contribution in [1.82, 2.24) is 25.6 Å². The van der Waals surface area contributed by atoms with Gasteiger partial charge in [-0.05, 0) is 165 Å². The van der Waals surface area contributed by atoms with Crippen molar-refractivity contribution in [3.8, 4) is 27.6 Å². The van der Waals surface area contributed by atoms with Gasteiger partial charge in [0, 0.05) is 55.0 Å². The topological polar surface area (TPSA) is 146 Å². The van der Waals surface area contributed by atoms with Crippen molar-refractivity contribution in [2.75, 3.05) is 11.6 Å². The number of para-hydroxylation sites is 3. The Kier molecular flexibility index (Phi) is 25.7. The molecule has 10 nitrogen and oxygen atoms in total. The number of H-pyrrole nitrogens is 1. The van der Waals surface area contributed by atoms with Gasteiger partial charge < -0.3 is 9.46 Å². The smallest absolute Gasteiger partial charge is 0.203 e. The molecule has 12 aromatic carbocycles. The standard InChI is InChI=1S/C20H16.C19H17N.C15H12S.C13H13OP.C9H8O2S.C8H7NS.C2H4N4.C2H3N/c1-14-10-12-15(13-11-14)20-18-8-4-2-6-16(18)17-7-3-5-9-19(17)20;1-16-12-14-19(15-13-16)20(17-8-4-2-5-9-17)18-10-6-3-7-11-18;1-11-6-8-12(9-7-11)15-10-13-4-2-3-5-14(13)16-15;1-15(14,12-8-4-2-5-9-12)13-10-6-3-7-11-13;1-7-6-8-4-2-3-5-9(8)12(7,10)11;1-6-9-7-4-2-3-5-8(7)10-6;1-2-3-5-6-4-2;1-2-3/h2-13,20H,1H3;2-15H,1H3;2-10H,1H3;2-11H,1H3;2-6H,1H3;2-5H,1H3;1H3,(H,3,4,5,6);1H3. The molecular formula is C88H80N7O3PS3. The maximum absolute atomic E-state index is 12.6. The number of aromatic nitrogens is 5. The SMILES string of the molecule is CC#N.CC1=Cc2ccccc2S1(=O)=O.CP(=O)(c1ccccc1)c1ccccc1.Cc1ccc(-c2cc3ccccc3s2)cc1.Cc1ccc(C2c3ccccc3-c3ccccc32)cc1.Cc1ccc(N(c2ccccc2)c2ccccc2)cc1.Cc1nc2ccccc2s1.Cc1nn[nH]n1. The lowest BCUT2D eigenvalue weighted by atomic mass is 9.89. The van der Waals surface area contributed by atoms with E-state index in [0.29, 0.717) is 21.5 Å². The molecule has 0 unspecified atom stereocenters. The number of sulfone groups is 1. The van der Waals surface area contributed by atoms with Gasteiger partial charge in [-0.1, -0.05) is 277 Å². The zero-order valence-corrected chi connectivity index (χ0v) is 61.7. The summed E-state index contributed by atoms with van der Waals surface area (Å²) in [6.07, 6.45) is 1.70. The van der Waals surface area contributed by atoms with Crippen LogP contribution in [0.2, 0.25) is 0 Å². The number of aryl methyl sites for hydroxylation is 5. The van der Waals surface area contributed by atoms with Crippen LogP contribution in [0, 0.1) is 45.9 Å². The third-order valence-electron chi connectivity index (χ3n) is 16.7. The Bertz CT molecular complexity index is 5140. The van der Waals surface area contributed by atoms with Gasteiger partial charge in [-0.25, -0.2) is 13.4 Å². The second-order valence-corrected chi connectivity index (χ2v) is 31.4. The van der Waals surface area contributed by atoms with Crippen molar-refractivity contribution in [2.45, 2.75) is 59.3 Å². The summed E-state index contributed by atoms with van der Waals surface area (Å²) in [5, 5.41) is 24.3. The van der Waals surface area contributed by atoms with Gasteiger partial charge in [-0.2, -0.15) is 10.5 Å². The molecule has 0 amide bonds. The van der Waals surface area contributed by atoms with Crippen LogP contribution in [-0.2, 0) is 14.4 Å². The first-order valence-electron chi connectivity index (χ1n) is 33.3. The van der Waals surface area contributed by atoms with Crippen LogP contribution in [0.15, 0.2) is 331 Å². The van der Waals surface area contributed by atoms with Crippen molar-refractivity contribution in [2.24, 2.45) is 0 Å². The predicted molar refractivity (Wildman–Crippen MR) is 429 cm³/mol. The second kappa shape index (κ2) is 35.7. The Morgan fingerprint density at radius 3 is 1.42 bits per heavy atom. The predicted octanol–water partition coefficient (Wildman–Crippen LogP) is 22.6. The quantitative estimate of drug-likeness (QED) is 0.154. The van der Waals surface area contributed by atoms with E-state index in [4.69, 9.17) is 5.26 Å². The number of nitrogens with one attached hydrogen (secondary N) is 1. The summed E-state index contributed by atoms with van der Waals surface area (Å²) < 4.78 is 38.3. The Labute approximate surface area is 608 Å². The molecule has 0 radical (unpaired) electrons. The molecule has 1 aliphatic carbocycles. The first-order valence-corrected chi connectivity index (χ1v) is 38.6. The van der Waals surface area contributed by atoms with Crippen LogP contribution in [0.3, 0.4) is 0 Å². The highest BCUT2D eigenvalue weighted by Crippen LogP contribution is 2.48. The molecule has 0 spiro atoms. The van der Waals surface area contributed by atoms with Crippen LogP contribution in [0.5, 0.6) is 0 Å². The van der Waals surface area contributed by atoms with E-state index in [1.807, 2.05) is 128 Å². The highest BCUT2D eigenvalue weighted by molar-refractivity contribution is 7.95. The van der Waals surface area contributed by atoms with Crippen molar-refractivity contribution < 1.29 is 13.0 Å². The second-order valence-electron chi connectivity index (χ2n) is 24.1. The third kappa shape index (κ3) is 19.2. The van der Waals surface area contributed by atoms with Crippen molar-refractivity contribution in [1.29, 1.82) is 5.26 Å². The number of thiophene rings is 1. The monoisotopic (exact) mass is 1410 g/mol. The van der Waals surface area contributed by atoms with Crippen molar-refractivity contribution in [3.63, 3.8) is 0 Å². The first kappa shape index (κ1) is 73.5. The summed E-state index contributed by atoms with van der Waals surface area (Å²) >= 11 is 3.60. The number of fused-ring (bicyclic) bond motifs is 6. The third-order valence-corrected chi connectivity index (χ3v) is 23.3. The molecule has 0 fully saturated rings. The van der Waals surface area contributed by atoms with Gasteiger partial charge in [0.2, 0.25) is 9.84 Å². The fraction of sp³-hybridized carbons (Fsp3) is 0.102. The lowest BCUT2D eigenvalue weighted by Crippen LogP contribution is -2.14. The number of thiazole rings is 1. The molecular weight excluding hydrogens is 1330 g/mol. The number of rotatable bonds is 7. The van der Waals surface area contributed by atoms with Crippen molar-refractivity contribution in [3.05, 3.63) is 376 Å². The number of allylic oxidation sites excluding steroid dienone is 1. The molecule has 2 aliphatic rings. The van der Waals surface area contributed by atoms with Crippen molar-refractivity contribution >= 4 is 93.7 Å². The van der Waals surface area contributed by atoms with Gasteiger partial charge in [0.25, 0.3) is 0 Å². The van der Waals surface area contributed by atoms with E-state index in [1.54, 1.807) is 49.5 Å². The largest absolute Gasteiger partial charge is 0.314 e. The number of nitriles is 1. The lowest BCUT2D eigenvalue weighted by Gasteiger charge is -2.25. The number of aromatic amines is 1. The fourth-order valence-electron chi connectivity index (χ4n) is 11.5. The molecule has 1 aliphatic heterocycles. The molecule has 4 heterocycles. The van der Waals surface area contributed by atoms with Crippen LogP contribution in [0.25, 0.3) is 47.9 Å². The average Bonchev–Trinajstić information content (AvgIpc) is 1.60. The highest BCUT2D eigenvalue weighted by Gasteiger charge is 2.29. The van der Waals surface area contributed by atoms with E-state index in [1.165, 1.54) is 93.7 Å². The number of anilines is 3. The van der Waals surface area contributed by atoms with Crippen LogP contribution in [0.1, 0.15) is 69.5 Å². The summed E-state index contributed by atoms with van der Waals surface area (Å²) in [5.74, 6) is 1.05. The molecule has 3 aromatic heterocycles. The van der Waals surface area contributed by atoms with E-state index in [0.717, 1.165) is 26.7 Å². The van der Waals surface area contributed by atoms with E-state index >= 15 is 0 Å². The minimum absolute atomic E-state index is 0.378. The molecule has 0 bridgehead atoms. The van der Waals surface area contributed by atoms with Crippen LogP contribution < -0.4 is 15.5 Å². The number of benzene rings is 12. The van der Waals surface area contributed by atoms with Gasteiger partial charge in [-0.15, -0.1) is 32.9 Å². The summed E-state index contributed by atoms with van der Waals surface area (Å²) in [5.41, 5.74) is 17.6. The van der Waals surface area contributed by atoms with E-state index in [-0.39, 0.29) is 0 Å². The minimum atomic E-state index is -3.12. The van der Waals surface area contributed by atoms with E-state index in [2.05, 4.69) is 258 Å². The van der Waals surface area contributed by atoms with Gasteiger partial charge in [0.1, 0.15) is 7.14 Å². The first-order chi connectivity index (χ1) is 49.5. The molecule has 0 saturated heterocycles. The zero-order chi connectivity index (χ0) is 71.9. The molecule has 0 atom stereocenters. The molecule has 0 saturated carbocycles. The van der Waals surface area contributed by atoms with Crippen LogP contribution in [0.4, 0.5) is 17.1 Å². The number of nitrogens with zero attached hydrogens (tertiary/aromatic N) is 6. The maximum atomic E-state index is 12.6. The number of hydrogen-bond acceptors (Lipinski definition) is 11. The fourth-order valence-corrected chi connectivity index (χ4v) is 16.5. The number of tetrazole rings is 1. The van der Waals surface area contributed by atoms with E-state index < -0.39 is 17.0 Å². The van der Waals surface area contributed by atoms with E-state index in [9.17, 15) is 13.0 Å². The summed E-state index contributed by atoms with van der Waals surface area (Å²) in [6, 6.07) is 112. The maximum Gasteiger partial charge on any atom is 0.203 e. The lowest BCUT2D eigenvalue weighted by molar-refractivity contribution is 0.590. The summed E-state index contributed by atoms with van der Waals surface area (Å²) in [4.78, 5) is 8.81. The van der Waals surface area contributed by atoms with Gasteiger partial charge >= 0.3 is 0 Å². The van der Waals surface area contributed by atoms with Gasteiger partial charge in [0.15, 0.2) is 5.82 Å². The Balaban J connectivity index is 0.000000130. The molecule has 102 heavy (non-hydrogen) atoms. The zero-order valence-electron chi connectivity index (χ0n) is 58.3. The number of hydrogen-bond donors (Lipinski definition) is 1. The minimum Gasteiger partial charge on any atom is -0.314 e. The molecule has 508 valence electrons. The van der Waals surface area contributed by atoms with Crippen LogP contribution >= 0.6 is 29.8 Å². The Hall–Kier alpha value is -11.2. The molecule has 17 rings (SSSR count). The molecule has 1 N–H and O–H groups in total. The normalized spacial score (nSPS) is 11.7. The summed E-state index contributed by atoms with van der Waals surface area (Å²) in [7, 11) is -5.52. The highest BCUT2D eigenvalue weighted by atomic mass is 32.2.